The van der Waals surface area contributed by atoms with Crippen molar-refractivity contribution in [1.29, 1.82) is 0 Å². The Labute approximate surface area is 99.9 Å². The van der Waals surface area contributed by atoms with E-state index in [1.54, 1.807) is 24.3 Å². The van der Waals surface area contributed by atoms with Gasteiger partial charge in [-0.15, -0.1) is 0 Å². The molecule has 4 nitrogen and oxygen atoms in total. The maximum absolute atomic E-state index is 12.0. The molecule has 0 bridgehead atoms. The highest BCUT2D eigenvalue weighted by Gasteiger charge is 2.17. The van der Waals surface area contributed by atoms with Crippen LogP contribution in [0.1, 0.15) is 23.7 Å². The summed E-state index contributed by atoms with van der Waals surface area (Å²) in [5.41, 5.74) is 0.961. The molecular formula is C12H13NO3S. The van der Waals surface area contributed by atoms with E-state index in [9.17, 15) is 13.2 Å². The minimum Gasteiger partial charge on any atom is -0.298 e. The van der Waals surface area contributed by atoms with Crippen LogP contribution in [0.2, 0.25) is 0 Å². The van der Waals surface area contributed by atoms with Crippen molar-refractivity contribution in [2.75, 3.05) is 5.75 Å². The van der Waals surface area contributed by atoms with Gasteiger partial charge >= 0.3 is 0 Å². The molecule has 0 saturated heterocycles. The molecule has 0 aliphatic rings. The Morgan fingerprint density at radius 1 is 1.29 bits per heavy atom. The van der Waals surface area contributed by atoms with Crippen molar-refractivity contribution in [3.05, 3.63) is 36.0 Å². The Kier molecular flexibility index (Phi) is 3.02. The molecule has 90 valence electrons. The molecule has 0 saturated carbocycles. The number of hydrogen-bond acceptors (Lipinski definition) is 3. The summed E-state index contributed by atoms with van der Waals surface area (Å²) < 4.78 is 25.2. The molecule has 0 unspecified atom stereocenters. The number of rotatable bonds is 4. The lowest BCUT2D eigenvalue weighted by Gasteiger charge is -2.05. The number of para-hydroxylation sites is 1. The summed E-state index contributed by atoms with van der Waals surface area (Å²) >= 11 is 0. The molecule has 0 N–H and O–H groups in total. The van der Waals surface area contributed by atoms with E-state index in [-0.39, 0.29) is 5.75 Å². The topological polar surface area (TPSA) is 56.1 Å². The van der Waals surface area contributed by atoms with E-state index < -0.39 is 10.0 Å². The smallest absolute Gasteiger partial charge is 0.238 e. The third-order valence-electron chi connectivity index (χ3n) is 2.60. The highest BCUT2D eigenvalue weighted by atomic mass is 32.2. The summed E-state index contributed by atoms with van der Waals surface area (Å²) in [7, 11) is -3.37. The van der Waals surface area contributed by atoms with Gasteiger partial charge in [-0.3, -0.25) is 4.79 Å². The van der Waals surface area contributed by atoms with E-state index in [2.05, 4.69) is 0 Å². The Hall–Kier alpha value is -1.62. The van der Waals surface area contributed by atoms with Gasteiger partial charge in [0.25, 0.3) is 0 Å². The summed E-state index contributed by atoms with van der Waals surface area (Å²) in [5.74, 6) is 0.0734. The number of nitrogens with zero attached hydrogens (tertiary/aromatic N) is 1. The van der Waals surface area contributed by atoms with E-state index in [4.69, 9.17) is 0 Å². The number of aldehydes is 1. The fraction of sp³-hybridized carbons (Fsp3) is 0.250. The third-order valence-corrected chi connectivity index (χ3v) is 4.42. The number of carbonyl (C=O) groups is 1. The number of fused-ring (bicyclic) bond motifs is 1. The van der Waals surface area contributed by atoms with Crippen molar-refractivity contribution in [2.24, 2.45) is 0 Å². The molecule has 0 aliphatic heterocycles. The molecule has 1 heterocycles. The van der Waals surface area contributed by atoms with Gasteiger partial charge in [0.15, 0.2) is 6.29 Å². The zero-order valence-corrected chi connectivity index (χ0v) is 10.3. The summed E-state index contributed by atoms with van der Waals surface area (Å²) in [6.07, 6.45) is 2.62. The predicted molar refractivity (Wildman–Crippen MR) is 66.8 cm³/mol. The first-order valence-electron chi connectivity index (χ1n) is 5.38. The fourth-order valence-corrected chi connectivity index (χ4v) is 3.30. The van der Waals surface area contributed by atoms with Crippen LogP contribution < -0.4 is 0 Å². The third kappa shape index (κ3) is 1.98. The Morgan fingerprint density at radius 2 is 2.00 bits per heavy atom. The molecule has 0 fully saturated rings. The van der Waals surface area contributed by atoms with Crippen LogP contribution in [0, 0.1) is 0 Å². The van der Waals surface area contributed by atoms with Crippen molar-refractivity contribution in [3.63, 3.8) is 0 Å². The molecule has 0 atom stereocenters. The van der Waals surface area contributed by atoms with Crippen LogP contribution in [-0.4, -0.2) is 24.4 Å². The van der Waals surface area contributed by atoms with Crippen molar-refractivity contribution < 1.29 is 13.2 Å². The lowest BCUT2D eigenvalue weighted by molar-refractivity contribution is 0.112. The lowest BCUT2D eigenvalue weighted by Crippen LogP contribution is -2.14. The second-order valence-corrected chi connectivity index (χ2v) is 5.80. The van der Waals surface area contributed by atoms with Gasteiger partial charge in [-0.05, 0) is 12.5 Å². The number of benzene rings is 1. The van der Waals surface area contributed by atoms with Crippen LogP contribution >= 0.6 is 0 Å². The first kappa shape index (κ1) is 11.9. The van der Waals surface area contributed by atoms with Gasteiger partial charge in [0, 0.05) is 17.1 Å². The van der Waals surface area contributed by atoms with Gasteiger partial charge in [0.1, 0.15) is 0 Å². The average Bonchev–Trinajstić information content (AvgIpc) is 2.68. The molecule has 17 heavy (non-hydrogen) atoms. The Balaban J connectivity index is 2.75. The molecule has 0 radical (unpaired) electrons. The minimum atomic E-state index is -3.37. The number of aromatic nitrogens is 1. The molecule has 0 amide bonds. The van der Waals surface area contributed by atoms with Crippen LogP contribution in [-0.2, 0) is 10.0 Å². The SMILES string of the molecule is CCCS(=O)(=O)n1cc(C=O)c2ccccc21. The van der Waals surface area contributed by atoms with Crippen LogP contribution in [0.5, 0.6) is 0 Å². The maximum Gasteiger partial charge on any atom is 0.238 e. The molecular weight excluding hydrogens is 238 g/mol. The minimum absolute atomic E-state index is 0.0734. The van der Waals surface area contributed by atoms with Gasteiger partial charge in [0.2, 0.25) is 10.0 Å². The van der Waals surface area contributed by atoms with Gasteiger partial charge in [-0.1, -0.05) is 25.1 Å². The number of hydrogen-bond donors (Lipinski definition) is 0. The van der Waals surface area contributed by atoms with Crippen LogP contribution in [0.25, 0.3) is 10.9 Å². The Morgan fingerprint density at radius 3 is 2.65 bits per heavy atom. The largest absolute Gasteiger partial charge is 0.298 e. The zero-order chi connectivity index (χ0) is 12.5. The molecule has 1 aromatic heterocycles. The van der Waals surface area contributed by atoms with E-state index in [0.29, 0.717) is 29.2 Å². The van der Waals surface area contributed by atoms with Crippen LogP contribution in [0.4, 0.5) is 0 Å². The first-order valence-corrected chi connectivity index (χ1v) is 6.99. The summed E-state index contributed by atoms with van der Waals surface area (Å²) in [5, 5.41) is 0.669. The van der Waals surface area contributed by atoms with Gasteiger partial charge in [-0.2, -0.15) is 0 Å². The van der Waals surface area contributed by atoms with Crippen LogP contribution in [0.3, 0.4) is 0 Å². The first-order chi connectivity index (χ1) is 8.10. The van der Waals surface area contributed by atoms with E-state index in [1.165, 1.54) is 10.2 Å². The summed E-state index contributed by atoms with van der Waals surface area (Å²) in [4.78, 5) is 10.9. The Bertz CT molecular complexity index is 655. The quantitative estimate of drug-likeness (QED) is 0.781. The highest BCUT2D eigenvalue weighted by Crippen LogP contribution is 2.21. The number of carbonyl (C=O) groups excluding carboxylic acids is 1. The fourth-order valence-electron chi connectivity index (χ4n) is 1.86. The molecule has 2 aromatic rings. The normalized spacial score (nSPS) is 11.8. The second kappa shape index (κ2) is 4.33. The van der Waals surface area contributed by atoms with Gasteiger partial charge in [0.05, 0.1) is 11.3 Å². The van der Waals surface area contributed by atoms with Crippen molar-refractivity contribution in [2.45, 2.75) is 13.3 Å². The van der Waals surface area contributed by atoms with Gasteiger partial charge < -0.3 is 0 Å². The summed E-state index contributed by atoms with van der Waals surface area (Å²) in [6, 6.07) is 6.99. The van der Waals surface area contributed by atoms with Crippen molar-refractivity contribution >= 4 is 27.2 Å². The monoisotopic (exact) mass is 251 g/mol. The van der Waals surface area contributed by atoms with Crippen LogP contribution in [0.15, 0.2) is 30.5 Å². The molecule has 5 heteroatoms. The van der Waals surface area contributed by atoms with Crippen molar-refractivity contribution in [1.82, 2.24) is 3.97 Å². The highest BCUT2D eigenvalue weighted by molar-refractivity contribution is 7.90. The summed E-state index contributed by atoms with van der Waals surface area (Å²) in [6.45, 7) is 1.81. The lowest BCUT2D eigenvalue weighted by atomic mass is 10.2. The molecule has 1 aromatic carbocycles. The zero-order valence-electron chi connectivity index (χ0n) is 9.46. The van der Waals surface area contributed by atoms with E-state index in [1.807, 2.05) is 6.92 Å². The average molecular weight is 251 g/mol. The second-order valence-electron chi connectivity index (χ2n) is 3.83. The predicted octanol–water partition coefficient (Wildman–Crippen LogP) is 2.04. The van der Waals surface area contributed by atoms with E-state index in [0.717, 1.165) is 0 Å². The molecule has 0 aliphatic carbocycles. The molecule has 0 spiro atoms. The standard InChI is InChI=1S/C12H13NO3S/c1-2-7-17(15,16)13-8-10(9-14)11-5-3-4-6-12(11)13/h3-6,8-9H,2,7H2,1H3. The van der Waals surface area contributed by atoms with Crippen molar-refractivity contribution in [3.8, 4) is 0 Å². The maximum atomic E-state index is 12.0. The molecule has 2 rings (SSSR count). The van der Waals surface area contributed by atoms with E-state index >= 15 is 0 Å². The van der Waals surface area contributed by atoms with Gasteiger partial charge in [-0.25, -0.2) is 12.4 Å².